The van der Waals surface area contributed by atoms with E-state index in [1.54, 1.807) is 31.5 Å². The average Bonchev–Trinajstić information content (AvgIpc) is 2.89. The molecule has 194 valence electrons. The van der Waals surface area contributed by atoms with Crippen LogP contribution >= 0.6 is 22.4 Å². The highest BCUT2D eigenvalue weighted by Gasteiger charge is 2.41. The number of aryl methyl sites for hydroxylation is 1. The molecule has 2 heterocycles. The molecule has 0 amide bonds. The maximum atomic E-state index is 14.6. The molecule has 1 aliphatic rings. The average molecular weight is 537 g/mol. The summed E-state index contributed by atoms with van der Waals surface area (Å²) in [6.07, 6.45) is 4.31. The minimum Gasteiger partial charge on any atom is -0.497 e. The van der Waals surface area contributed by atoms with Gasteiger partial charge in [0.2, 0.25) is 0 Å². The molecular formula is C27H31ClF2N2O3S. The van der Waals surface area contributed by atoms with Gasteiger partial charge in [-0.05, 0) is 81.1 Å². The Kier molecular flexibility index (Phi) is 8.37. The second-order valence-electron chi connectivity index (χ2n) is 9.34. The zero-order chi connectivity index (χ0) is 25.8. The van der Waals surface area contributed by atoms with Gasteiger partial charge in [-0.3, -0.25) is 9.78 Å². The first kappa shape index (κ1) is 26.6. The molecule has 9 heteroatoms. The summed E-state index contributed by atoms with van der Waals surface area (Å²) in [5, 5.41) is 11.5. The van der Waals surface area contributed by atoms with Crippen LogP contribution in [0.15, 0.2) is 59.6 Å². The SMILES string of the molecule is COc1ccc2ncc(Cl)c(CCCC3(C(=O)O)CCN(CCS(F)(F)c4ccccc4)CC3)c2c1. The number of rotatable bonds is 10. The monoisotopic (exact) mass is 536 g/mol. The molecule has 1 saturated heterocycles. The third kappa shape index (κ3) is 5.93. The van der Waals surface area contributed by atoms with Crippen LogP contribution in [0.4, 0.5) is 7.77 Å². The number of pyridine rings is 1. The van der Waals surface area contributed by atoms with Crippen molar-refractivity contribution in [2.75, 3.05) is 32.5 Å². The van der Waals surface area contributed by atoms with Gasteiger partial charge in [-0.2, -0.15) is 7.77 Å². The predicted molar refractivity (Wildman–Crippen MR) is 141 cm³/mol. The number of carboxylic acid groups (broad SMARTS) is 1. The molecule has 0 unspecified atom stereocenters. The van der Waals surface area contributed by atoms with E-state index in [0.717, 1.165) is 16.5 Å². The van der Waals surface area contributed by atoms with Crippen LogP contribution in [0.2, 0.25) is 5.02 Å². The van der Waals surface area contributed by atoms with Gasteiger partial charge >= 0.3 is 5.97 Å². The van der Waals surface area contributed by atoms with Crippen molar-refractivity contribution in [2.45, 2.75) is 37.0 Å². The van der Waals surface area contributed by atoms with Crippen LogP contribution in [-0.2, 0) is 11.2 Å². The molecular weight excluding hydrogens is 506 g/mol. The van der Waals surface area contributed by atoms with Crippen LogP contribution in [-0.4, -0.2) is 53.5 Å². The number of piperidine rings is 1. The third-order valence-corrected chi connectivity index (χ3v) is 9.22. The van der Waals surface area contributed by atoms with Crippen molar-refractivity contribution in [3.8, 4) is 5.75 Å². The number of carbonyl (C=O) groups is 1. The number of hydrogen-bond donors (Lipinski definition) is 1. The topological polar surface area (TPSA) is 62.7 Å². The van der Waals surface area contributed by atoms with Crippen LogP contribution in [0.3, 0.4) is 0 Å². The van der Waals surface area contributed by atoms with Gasteiger partial charge in [0.05, 0.1) is 33.9 Å². The van der Waals surface area contributed by atoms with Gasteiger partial charge in [-0.1, -0.05) is 29.8 Å². The van der Waals surface area contributed by atoms with E-state index in [1.807, 2.05) is 23.1 Å². The fourth-order valence-corrected chi connectivity index (χ4v) is 6.47. The number of hydrogen-bond acceptors (Lipinski definition) is 4. The quantitative estimate of drug-likeness (QED) is 0.302. The highest BCUT2D eigenvalue weighted by Crippen LogP contribution is 2.58. The number of nitrogens with zero attached hydrogens (tertiary/aromatic N) is 2. The lowest BCUT2D eigenvalue weighted by atomic mass is 9.74. The molecule has 1 aromatic heterocycles. The summed E-state index contributed by atoms with van der Waals surface area (Å²) in [5.74, 6) is -0.301. The smallest absolute Gasteiger partial charge is 0.309 e. The molecule has 1 N–H and O–H groups in total. The Morgan fingerprint density at radius 1 is 1.19 bits per heavy atom. The van der Waals surface area contributed by atoms with E-state index in [4.69, 9.17) is 16.3 Å². The summed E-state index contributed by atoms with van der Waals surface area (Å²) in [6.45, 7) is 1.28. The molecule has 4 rings (SSSR count). The Morgan fingerprint density at radius 3 is 2.58 bits per heavy atom. The van der Waals surface area contributed by atoms with Crippen molar-refractivity contribution in [2.24, 2.45) is 5.41 Å². The third-order valence-electron chi connectivity index (χ3n) is 7.23. The summed E-state index contributed by atoms with van der Waals surface area (Å²) in [7, 11) is -2.26. The van der Waals surface area contributed by atoms with Crippen molar-refractivity contribution in [1.82, 2.24) is 9.88 Å². The van der Waals surface area contributed by atoms with Crippen molar-refractivity contribution in [3.05, 3.63) is 65.3 Å². The molecule has 1 fully saturated rings. The Balaban J connectivity index is 1.36. The van der Waals surface area contributed by atoms with E-state index in [-0.39, 0.29) is 17.2 Å². The Bertz CT molecular complexity index is 1200. The lowest BCUT2D eigenvalue weighted by molar-refractivity contribution is -0.152. The Morgan fingerprint density at radius 2 is 1.92 bits per heavy atom. The van der Waals surface area contributed by atoms with E-state index >= 15 is 0 Å². The van der Waals surface area contributed by atoms with Gasteiger partial charge in [-0.25, -0.2) is 0 Å². The van der Waals surface area contributed by atoms with Gasteiger partial charge in [0.1, 0.15) is 5.75 Å². The molecule has 2 aromatic carbocycles. The van der Waals surface area contributed by atoms with Crippen molar-refractivity contribution in [1.29, 1.82) is 0 Å². The largest absolute Gasteiger partial charge is 0.497 e. The molecule has 36 heavy (non-hydrogen) atoms. The van der Waals surface area contributed by atoms with Gasteiger partial charge in [0.25, 0.3) is 0 Å². The van der Waals surface area contributed by atoms with E-state index in [9.17, 15) is 17.7 Å². The van der Waals surface area contributed by atoms with E-state index in [1.165, 1.54) is 12.1 Å². The summed E-state index contributed by atoms with van der Waals surface area (Å²) in [4.78, 5) is 18.8. The summed E-state index contributed by atoms with van der Waals surface area (Å²) in [6, 6.07) is 13.6. The molecule has 0 radical (unpaired) electrons. The first-order valence-electron chi connectivity index (χ1n) is 12.1. The number of methoxy groups -OCH3 is 1. The number of likely N-dealkylation sites (tertiary alicyclic amines) is 1. The van der Waals surface area contributed by atoms with Crippen LogP contribution in [0.25, 0.3) is 10.9 Å². The van der Waals surface area contributed by atoms with Gasteiger partial charge < -0.3 is 14.7 Å². The molecule has 0 bridgehead atoms. The fraction of sp³-hybridized carbons (Fsp3) is 0.407. The van der Waals surface area contributed by atoms with Gasteiger partial charge in [-0.15, -0.1) is 0 Å². The number of halogens is 3. The number of aromatic nitrogens is 1. The lowest BCUT2D eigenvalue weighted by Crippen LogP contribution is -2.45. The molecule has 0 spiro atoms. The molecule has 0 saturated carbocycles. The zero-order valence-corrected chi connectivity index (χ0v) is 21.8. The maximum Gasteiger partial charge on any atom is 0.309 e. The number of aliphatic carboxylic acids is 1. The first-order valence-corrected chi connectivity index (χ1v) is 14.0. The number of benzene rings is 2. The van der Waals surface area contributed by atoms with Crippen molar-refractivity contribution in [3.63, 3.8) is 0 Å². The minimum atomic E-state index is -3.86. The standard InChI is InChI=1S/C27H31ClF2N2O3S/c1-35-20-9-10-25-23(18-20)22(24(28)19-31-25)8-5-11-27(26(33)34)12-14-32(15-13-27)16-17-36(29,30)21-6-3-2-4-7-21/h2-4,6-7,9-10,18-19H,5,8,11-17H2,1H3,(H,33,34). The first-order chi connectivity index (χ1) is 17.2. The van der Waals surface area contributed by atoms with E-state index in [2.05, 4.69) is 4.98 Å². The highest BCUT2D eigenvalue weighted by atomic mass is 35.5. The molecule has 0 atom stereocenters. The zero-order valence-electron chi connectivity index (χ0n) is 20.3. The van der Waals surface area contributed by atoms with Crippen LogP contribution in [0.1, 0.15) is 31.2 Å². The van der Waals surface area contributed by atoms with Crippen molar-refractivity contribution < 1.29 is 22.4 Å². The number of carboxylic acids is 1. The number of fused-ring (bicyclic) bond motifs is 1. The highest BCUT2D eigenvalue weighted by molar-refractivity contribution is 8.25. The van der Waals surface area contributed by atoms with Crippen LogP contribution in [0, 0.1) is 5.41 Å². The normalized spacial score (nSPS) is 16.7. The Labute approximate surface area is 217 Å². The minimum absolute atomic E-state index is 0.0989. The molecule has 5 nitrogen and oxygen atoms in total. The van der Waals surface area contributed by atoms with Gasteiger partial charge in [0.15, 0.2) is 0 Å². The summed E-state index contributed by atoms with van der Waals surface area (Å²) in [5.41, 5.74) is 0.897. The summed E-state index contributed by atoms with van der Waals surface area (Å²) < 4.78 is 34.6. The Hall–Kier alpha value is -2.42. The molecule has 0 aliphatic carbocycles. The maximum absolute atomic E-state index is 14.6. The molecule has 3 aromatic rings. The van der Waals surface area contributed by atoms with E-state index < -0.39 is 22.2 Å². The van der Waals surface area contributed by atoms with Crippen LogP contribution < -0.4 is 4.74 Å². The second-order valence-corrected chi connectivity index (χ2v) is 11.8. The van der Waals surface area contributed by atoms with Crippen LogP contribution in [0.5, 0.6) is 5.75 Å². The fourth-order valence-electron chi connectivity index (χ4n) is 4.94. The van der Waals surface area contributed by atoms with Gasteiger partial charge in [0, 0.05) is 28.8 Å². The second kappa shape index (κ2) is 11.3. The van der Waals surface area contributed by atoms with Crippen molar-refractivity contribution >= 4 is 39.3 Å². The van der Waals surface area contributed by atoms with E-state index in [0.29, 0.717) is 56.0 Å². The summed E-state index contributed by atoms with van der Waals surface area (Å²) >= 11 is 6.47. The molecule has 1 aliphatic heterocycles. The number of ether oxygens (including phenoxy) is 1. The predicted octanol–water partition coefficient (Wildman–Crippen LogP) is 7.02. The lowest BCUT2D eigenvalue weighted by Gasteiger charge is -2.39.